The molecular formula is C26H21ClF3NO6. The number of fused-ring (bicyclic) bond motifs is 1. The molecule has 2 atom stereocenters. The van der Waals surface area contributed by atoms with Gasteiger partial charge in [0.1, 0.15) is 17.2 Å². The summed E-state index contributed by atoms with van der Waals surface area (Å²) in [6.45, 7) is 0.940. The monoisotopic (exact) mass is 535 g/mol. The number of aromatic carboxylic acids is 1. The number of alkyl halides is 3. The first-order valence-corrected chi connectivity index (χ1v) is 11.3. The molecule has 0 saturated heterocycles. The second-order valence-electron chi connectivity index (χ2n) is 8.52. The molecule has 1 heterocycles. The molecule has 0 radical (unpaired) electrons. The number of anilines is 1. The van der Waals surface area contributed by atoms with Crippen LogP contribution in [0.5, 0.6) is 17.2 Å². The Kier molecular flexibility index (Phi) is 6.83. The zero-order valence-electron chi connectivity index (χ0n) is 19.5. The standard InChI is InChI=1S/C26H21ClF3NO6/c1-14(19-12-18(8-9-20(19)27)37-17-6-3-15(4-7-17)24(33)34)25(35,26(28,29)30)16-5-10-22-21(11-16)31(2)23(32)13-36-22/h3-12,14,35H,13H2,1-2H3,(H,33,34). The Morgan fingerprint density at radius 1 is 1.08 bits per heavy atom. The second-order valence-corrected chi connectivity index (χ2v) is 8.93. The Labute approximate surface area is 214 Å². The average Bonchev–Trinajstić information content (AvgIpc) is 2.86. The van der Waals surface area contributed by atoms with E-state index in [2.05, 4.69) is 0 Å². The molecule has 0 aromatic heterocycles. The molecule has 7 nitrogen and oxygen atoms in total. The van der Waals surface area contributed by atoms with E-state index in [0.717, 1.165) is 12.1 Å². The maximum Gasteiger partial charge on any atom is 0.422 e. The highest BCUT2D eigenvalue weighted by Crippen LogP contribution is 2.51. The van der Waals surface area contributed by atoms with E-state index in [4.69, 9.17) is 26.2 Å². The fourth-order valence-electron chi connectivity index (χ4n) is 4.11. The van der Waals surface area contributed by atoms with E-state index >= 15 is 0 Å². The molecule has 0 spiro atoms. The Balaban J connectivity index is 1.74. The van der Waals surface area contributed by atoms with Gasteiger partial charge in [0, 0.05) is 18.0 Å². The summed E-state index contributed by atoms with van der Waals surface area (Å²) in [5, 5.41) is 20.3. The van der Waals surface area contributed by atoms with Crippen molar-refractivity contribution in [2.24, 2.45) is 0 Å². The van der Waals surface area contributed by atoms with Gasteiger partial charge in [-0.25, -0.2) is 4.79 Å². The van der Waals surface area contributed by atoms with Crippen LogP contribution in [0.15, 0.2) is 60.7 Å². The van der Waals surface area contributed by atoms with Gasteiger partial charge in [-0.2, -0.15) is 13.2 Å². The van der Waals surface area contributed by atoms with Gasteiger partial charge in [-0.05, 0) is 65.7 Å². The van der Waals surface area contributed by atoms with Crippen LogP contribution < -0.4 is 14.4 Å². The number of hydrogen-bond donors (Lipinski definition) is 2. The maximum atomic E-state index is 14.5. The fraction of sp³-hybridized carbons (Fsp3) is 0.231. The van der Waals surface area contributed by atoms with Crippen LogP contribution in [0.2, 0.25) is 5.02 Å². The van der Waals surface area contributed by atoms with Crippen LogP contribution in [0.3, 0.4) is 0 Å². The molecule has 0 saturated carbocycles. The third kappa shape index (κ3) is 4.82. The first-order chi connectivity index (χ1) is 17.3. The molecule has 3 aromatic carbocycles. The number of nitrogens with zero attached hydrogens (tertiary/aromatic N) is 1. The first kappa shape index (κ1) is 26.3. The third-order valence-electron chi connectivity index (χ3n) is 6.32. The molecule has 1 aliphatic heterocycles. The van der Waals surface area contributed by atoms with Crippen molar-refractivity contribution in [2.75, 3.05) is 18.6 Å². The molecule has 11 heteroatoms. The summed E-state index contributed by atoms with van der Waals surface area (Å²) in [5.41, 5.74) is -3.80. The predicted octanol–water partition coefficient (Wildman–Crippen LogP) is 5.74. The van der Waals surface area contributed by atoms with Crippen molar-refractivity contribution in [3.8, 4) is 17.2 Å². The van der Waals surface area contributed by atoms with E-state index in [-0.39, 0.29) is 45.7 Å². The minimum absolute atomic E-state index is 0.0302. The van der Waals surface area contributed by atoms with E-state index in [1.807, 2.05) is 0 Å². The summed E-state index contributed by atoms with van der Waals surface area (Å²) in [7, 11) is 1.41. The highest BCUT2D eigenvalue weighted by Gasteiger charge is 2.59. The fourth-order valence-corrected chi connectivity index (χ4v) is 4.39. The minimum Gasteiger partial charge on any atom is -0.482 e. The number of carboxylic acid groups (broad SMARTS) is 1. The molecule has 0 bridgehead atoms. The van der Waals surface area contributed by atoms with Crippen molar-refractivity contribution >= 4 is 29.2 Å². The number of benzene rings is 3. The van der Waals surface area contributed by atoms with Crippen LogP contribution in [-0.2, 0) is 10.4 Å². The topological polar surface area (TPSA) is 96.3 Å². The van der Waals surface area contributed by atoms with Crippen molar-refractivity contribution in [2.45, 2.75) is 24.6 Å². The van der Waals surface area contributed by atoms with E-state index in [1.54, 1.807) is 0 Å². The normalized spacial score (nSPS) is 15.9. The molecule has 0 aliphatic carbocycles. The Morgan fingerprint density at radius 3 is 2.35 bits per heavy atom. The van der Waals surface area contributed by atoms with Crippen LogP contribution in [-0.4, -0.2) is 41.9 Å². The first-order valence-electron chi connectivity index (χ1n) is 11.0. The summed E-state index contributed by atoms with van der Waals surface area (Å²) in [4.78, 5) is 24.2. The van der Waals surface area contributed by atoms with Crippen LogP contribution in [0, 0.1) is 0 Å². The zero-order valence-corrected chi connectivity index (χ0v) is 20.3. The molecule has 2 N–H and O–H groups in total. The maximum absolute atomic E-state index is 14.5. The lowest BCUT2D eigenvalue weighted by atomic mass is 9.77. The van der Waals surface area contributed by atoms with Crippen molar-refractivity contribution < 1.29 is 42.4 Å². The van der Waals surface area contributed by atoms with E-state index in [9.17, 15) is 27.9 Å². The third-order valence-corrected chi connectivity index (χ3v) is 6.66. The van der Waals surface area contributed by atoms with Gasteiger partial charge in [0.2, 0.25) is 0 Å². The Morgan fingerprint density at radius 2 is 1.73 bits per heavy atom. The van der Waals surface area contributed by atoms with Crippen molar-refractivity contribution in [3.63, 3.8) is 0 Å². The lowest BCUT2D eigenvalue weighted by Crippen LogP contribution is -2.47. The van der Waals surface area contributed by atoms with Crippen molar-refractivity contribution in [1.29, 1.82) is 0 Å². The van der Waals surface area contributed by atoms with Crippen molar-refractivity contribution in [1.82, 2.24) is 0 Å². The lowest BCUT2D eigenvalue weighted by Gasteiger charge is -2.38. The largest absolute Gasteiger partial charge is 0.482 e. The highest BCUT2D eigenvalue weighted by atomic mass is 35.5. The average molecular weight is 536 g/mol. The van der Waals surface area contributed by atoms with Gasteiger partial charge in [0.25, 0.3) is 5.91 Å². The van der Waals surface area contributed by atoms with Crippen LogP contribution in [0.4, 0.5) is 18.9 Å². The molecule has 3 aromatic rings. The van der Waals surface area contributed by atoms with Gasteiger partial charge < -0.3 is 24.6 Å². The quantitative estimate of drug-likeness (QED) is 0.418. The molecule has 4 rings (SSSR count). The number of amides is 1. The number of carbonyl (C=O) groups excluding carboxylic acids is 1. The Hall–Kier alpha value is -3.76. The predicted molar refractivity (Wildman–Crippen MR) is 129 cm³/mol. The van der Waals surface area contributed by atoms with E-state index in [0.29, 0.717) is 0 Å². The molecule has 0 fully saturated rings. The number of rotatable bonds is 6. The smallest absolute Gasteiger partial charge is 0.422 e. The summed E-state index contributed by atoms with van der Waals surface area (Å²) in [6, 6.07) is 13.0. The molecular weight excluding hydrogens is 515 g/mol. The molecule has 1 aliphatic rings. The van der Waals surface area contributed by atoms with Gasteiger partial charge in [-0.3, -0.25) is 4.79 Å². The van der Waals surface area contributed by atoms with Gasteiger partial charge in [-0.1, -0.05) is 24.6 Å². The number of ether oxygens (including phenoxy) is 2. The second kappa shape index (κ2) is 9.60. The van der Waals surface area contributed by atoms with E-state index in [1.165, 1.54) is 67.4 Å². The number of carbonyl (C=O) groups is 2. The van der Waals surface area contributed by atoms with Gasteiger partial charge >= 0.3 is 12.1 Å². The summed E-state index contributed by atoms with van der Waals surface area (Å²) < 4.78 is 54.6. The summed E-state index contributed by atoms with van der Waals surface area (Å²) in [5.74, 6) is -2.59. The van der Waals surface area contributed by atoms with Gasteiger partial charge in [0.15, 0.2) is 12.2 Å². The van der Waals surface area contributed by atoms with Crippen molar-refractivity contribution in [3.05, 3.63) is 82.4 Å². The highest BCUT2D eigenvalue weighted by molar-refractivity contribution is 6.31. The summed E-state index contributed by atoms with van der Waals surface area (Å²) >= 11 is 6.28. The molecule has 1 amide bonds. The number of carboxylic acids is 1. The van der Waals surface area contributed by atoms with Gasteiger partial charge in [-0.15, -0.1) is 0 Å². The SMILES string of the molecule is CC(c1cc(Oc2ccc(C(=O)O)cc2)ccc1Cl)C(O)(c1ccc2c(c1)N(C)C(=O)CO2)C(F)(F)F. The number of likely N-dealkylation sites (N-methyl/N-ethyl adjacent to an activating group) is 1. The number of halogens is 4. The van der Waals surface area contributed by atoms with E-state index < -0.39 is 35.1 Å². The zero-order chi connectivity index (χ0) is 27.1. The molecule has 37 heavy (non-hydrogen) atoms. The van der Waals surface area contributed by atoms with Crippen LogP contribution in [0.1, 0.15) is 34.3 Å². The lowest BCUT2D eigenvalue weighted by molar-refractivity contribution is -0.274. The molecule has 2 unspecified atom stereocenters. The number of aliphatic hydroxyl groups is 1. The van der Waals surface area contributed by atoms with Crippen LogP contribution >= 0.6 is 11.6 Å². The molecule has 194 valence electrons. The summed E-state index contributed by atoms with van der Waals surface area (Å²) in [6.07, 6.45) is -5.13. The minimum atomic E-state index is -5.13. The van der Waals surface area contributed by atoms with Gasteiger partial charge in [0.05, 0.1) is 11.3 Å². The number of hydrogen-bond acceptors (Lipinski definition) is 5. The van der Waals surface area contributed by atoms with Crippen LogP contribution in [0.25, 0.3) is 0 Å². The Bertz CT molecular complexity index is 1360.